The summed E-state index contributed by atoms with van der Waals surface area (Å²) in [6.07, 6.45) is 1.62. The van der Waals surface area contributed by atoms with E-state index in [-0.39, 0.29) is 6.42 Å². The summed E-state index contributed by atoms with van der Waals surface area (Å²) in [5.41, 5.74) is 2.11. The molecule has 0 atom stereocenters. The second kappa shape index (κ2) is 6.16. The molecule has 1 N–H and O–H groups in total. The molecule has 3 nitrogen and oxygen atoms in total. The number of aliphatic carboxylic acids is 1. The Morgan fingerprint density at radius 1 is 1.44 bits per heavy atom. The van der Waals surface area contributed by atoms with Crippen LogP contribution in [0.4, 0.5) is 0 Å². The summed E-state index contributed by atoms with van der Waals surface area (Å²) < 4.78 is 5.58. The van der Waals surface area contributed by atoms with E-state index in [1.807, 2.05) is 32.0 Å². The summed E-state index contributed by atoms with van der Waals surface area (Å²) in [5, 5.41) is 8.67. The summed E-state index contributed by atoms with van der Waals surface area (Å²) in [4.78, 5) is 10.5. The Hall–Kier alpha value is -1.51. The van der Waals surface area contributed by atoms with Crippen LogP contribution in [-0.2, 0) is 11.2 Å². The highest BCUT2D eigenvalue weighted by Crippen LogP contribution is 2.21. The predicted octanol–water partition coefficient (Wildman–Crippen LogP) is 2.80. The first-order valence-electron chi connectivity index (χ1n) is 5.57. The van der Waals surface area contributed by atoms with Crippen molar-refractivity contribution >= 4 is 5.97 Å². The topological polar surface area (TPSA) is 46.5 Å². The van der Waals surface area contributed by atoms with E-state index in [2.05, 4.69) is 0 Å². The molecular formula is C13H18O3. The number of ether oxygens (including phenoxy) is 1. The van der Waals surface area contributed by atoms with Crippen LogP contribution in [0, 0.1) is 6.92 Å². The maximum atomic E-state index is 10.5. The highest BCUT2D eigenvalue weighted by molar-refractivity contribution is 5.67. The average molecular weight is 222 g/mol. The van der Waals surface area contributed by atoms with Crippen LogP contribution in [-0.4, -0.2) is 17.7 Å². The minimum absolute atomic E-state index is 0.145. The summed E-state index contributed by atoms with van der Waals surface area (Å²) in [6.45, 7) is 4.71. The minimum atomic E-state index is -0.775. The Morgan fingerprint density at radius 2 is 2.19 bits per heavy atom. The lowest BCUT2D eigenvalue weighted by Crippen LogP contribution is -2.02. The number of rotatable bonds is 6. The summed E-state index contributed by atoms with van der Waals surface area (Å²) in [5.74, 6) is 0.0386. The van der Waals surface area contributed by atoms with Gasteiger partial charge in [0, 0.05) is 6.42 Å². The van der Waals surface area contributed by atoms with Crippen LogP contribution in [0.5, 0.6) is 5.75 Å². The molecule has 0 saturated heterocycles. The van der Waals surface area contributed by atoms with Crippen molar-refractivity contribution in [1.29, 1.82) is 0 Å². The normalized spacial score (nSPS) is 10.1. The van der Waals surface area contributed by atoms with E-state index in [4.69, 9.17) is 9.84 Å². The molecule has 88 valence electrons. The fourth-order valence-corrected chi connectivity index (χ4v) is 1.50. The van der Waals surface area contributed by atoms with E-state index >= 15 is 0 Å². The van der Waals surface area contributed by atoms with Crippen LogP contribution in [0.3, 0.4) is 0 Å². The lowest BCUT2D eigenvalue weighted by atomic mass is 10.1. The van der Waals surface area contributed by atoms with Gasteiger partial charge in [-0.1, -0.05) is 24.6 Å². The fraction of sp³-hybridized carbons (Fsp3) is 0.462. The molecule has 0 aromatic heterocycles. The summed E-state index contributed by atoms with van der Waals surface area (Å²) >= 11 is 0. The van der Waals surface area contributed by atoms with E-state index in [0.717, 1.165) is 23.3 Å². The van der Waals surface area contributed by atoms with Gasteiger partial charge in [0.15, 0.2) is 0 Å². The lowest BCUT2D eigenvalue weighted by Gasteiger charge is -2.11. The Bertz CT molecular complexity index is 358. The zero-order valence-corrected chi connectivity index (χ0v) is 9.82. The molecular weight excluding hydrogens is 204 g/mol. The minimum Gasteiger partial charge on any atom is -0.493 e. The lowest BCUT2D eigenvalue weighted by molar-refractivity contribution is -0.136. The SMILES string of the molecule is CCCOc1ccc(C)cc1CCC(=O)O. The van der Waals surface area contributed by atoms with Crippen molar-refractivity contribution in [3.05, 3.63) is 29.3 Å². The highest BCUT2D eigenvalue weighted by atomic mass is 16.5. The fourth-order valence-electron chi connectivity index (χ4n) is 1.50. The van der Waals surface area contributed by atoms with E-state index < -0.39 is 5.97 Å². The monoisotopic (exact) mass is 222 g/mol. The molecule has 1 aromatic carbocycles. The van der Waals surface area contributed by atoms with Gasteiger partial charge in [0.1, 0.15) is 5.75 Å². The number of carbonyl (C=O) groups is 1. The van der Waals surface area contributed by atoms with Crippen molar-refractivity contribution in [2.75, 3.05) is 6.61 Å². The molecule has 1 rings (SSSR count). The van der Waals surface area contributed by atoms with Gasteiger partial charge in [-0.2, -0.15) is 0 Å². The van der Waals surface area contributed by atoms with Gasteiger partial charge < -0.3 is 9.84 Å². The average Bonchev–Trinajstić information content (AvgIpc) is 2.25. The largest absolute Gasteiger partial charge is 0.493 e. The van der Waals surface area contributed by atoms with Crippen molar-refractivity contribution < 1.29 is 14.6 Å². The maximum Gasteiger partial charge on any atom is 0.303 e. The second-order valence-corrected chi connectivity index (χ2v) is 3.85. The third-order valence-electron chi connectivity index (χ3n) is 2.29. The second-order valence-electron chi connectivity index (χ2n) is 3.85. The van der Waals surface area contributed by atoms with E-state index in [1.165, 1.54) is 0 Å². The number of hydrogen-bond acceptors (Lipinski definition) is 2. The summed E-state index contributed by atoms with van der Waals surface area (Å²) in [6, 6.07) is 5.89. The van der Waals surface area contributed by atoms with Crippen LogP contribution in [0.15, 0.2) is 18.2 Å². The molecule has 0 heterocycles. The van der Waals surface area contributed by atoms with E-state index in [1.54, 1.807) is 0 Å². The molecule has 1 aromatic rings. The Morgan fingerprint density at radius 3 is 2.81 bits per heavy atom. The third-order valence-corrected chi connectivity index (χ3v) is 2.29. The Labute approximate surface area is 96.1 Å². The van der Waals surface area contributed by atoms with Crippen LogP contribution in [0.25, 0.3) is 0 Å². The van der Waals surface area contributed by atoms with Gasteiger partial charge >= 0.3 is 5.97 Å². The molecule has 3 heteroatoms. The molecule has 0 bridgehead atoms. The molecule has 0 fully saturated rings. The predicted molar refractivity (Wildman–Crippen MR) is 62.9 cm³/mol. The first-order chi connectivity index (χ1) is 7.63. The molecule has 0 saturated carbocycles. The molecule has 0 unspecified atom stereocenters. The molecule has 0 amide bonds. The van der Waals surface area contributed by atoms with Crippen molar-refractivity contribution in [3.63, 3.8) is 0 Å². The van der Waals surface area contributed by atoms with Gasteiger partial charge in [-0.3, -0.25) is 4.79 Å². The quantitative estimate of drug-likeness (QED) is 0.805. The highest BCUT2D eigenvalue weighted by Gasteiger charge is 2.06. The molecule has 0 aliphatic rings. The number of carboxylic acids is 1. The number of carboxylic acid groups (broad SMARTS) is 1. The molecule has 0 radical (unpaired) electrons. The number of aryl methyl sites for hydroxylation is 2. The van der Waals surface area contributed by atoms with Gasteiger partial charge in [-0.25, -0.2) is 0 Å². The van der Waals surface area contributed by atoms with Crippen molar-refractivity contribution in [3.8, 4) is 5.75 Å². The smallest absolute Gasteiger partial charge is 0.303 e. The molecule has 0 aliphatic carbocycles. The van der Waals surface area contributed by atoms with Gasteiger partial charge in [0.2, 0.25) is 0 Å². The molecule has 0 spiro atoms. The van der Waals surface area contributed by atoms with Crippen LogP contribution in [0.1, 0.15) is 30.9 Å². The van der Waals surface area contributed by atoms with Crippen molar-refractivity contribution in [1.82, 2.24) is 0 Å². The van der Waals surface area contributed by atoms with Crippen LogP contribution >= 0.6 is 0 Å². The van der Waals surface area contributed by atoms with Gasteiger partial charge in [0.05, 0.1) is 6.61 Å². The third kappa shape index (κ3) is 3.93. The zero-order chi connectivity index (χ0) is 12.0. The van der Waals surface area contributed by atoms with Crippen molar-refractivity contribution in [2.24, 2.45) is 0 Å². The molecule has 16 heavy (non-hydrogen) atoms. The maximum absolute atomic E-state index is 10.5. The van der Waals surface area contributed by atoms with Crippen LogP contribution < -0.4 is 4.74 Å². The first kappa shape index (κ1) is 12.6. The first-order valence-corrected chi connectivity index (χ1v) is 5.57. The Balaban J connectivity index is 2.76. The standard InChI is InChI=1S/C13H18O3/c1-3-8-16-12-6-4-10(2)9-11(12)5-7-13(14)15/h4,6,9H,3,5,7-8H2,1-2H3,(H,14,15). The van der Waals surface area contributed by atoms with Crippen LogP contribution in [0.2, 0.25) is 0 Å². The van der Waals surface area contributed by atoms with E-state index in [0.29, 0.717) is 13.0 Å². The van der Waals surface area contributed by atoms with Gasteiger partial charge in [0.25, 0.3) is 0 Å². The van der Waals surface area contributed by atoms with Crippen molar-refractivity contribution in [2.45, 2.75) is 33.1 Å². The summed E-state index contributed by atoms with van der Waals surface area (Å²) in [7, 11) is 0. The zero-order valence-electron chi connectivity index (χ0n) is 9.82. The van der Waals surface area contributed by atoms with Gasteiger partial charge in [-0.05, 0) is 31.4 Å². The number of hydrogen-bond donors (Lipinski definition) is 1. The Kier molecular flexibility index (Phi) is 4.83. The van der Waals surface area contributed by atoms with Gasteiger partial charge in [-0.15, -0.1) is 0 Å². The molecule has 0 aliphatic heterocycles. The van der Waals surface area contributed by atoms with E-state index in [9.17, 15) is 4.79 Å². The number of benzene rings is 1.